The van der Waals surface area contributed by atoms with Gasteiger partial charge in [-0.05, 0) is 67.9 Å². The molecule has 0 aliphatic rings. The van der Waals surface area contributed by atoms with Crippen molar-refractivity contribution in [3.63, 3.8) is 0 Å². The van der Waals surface area contributed by atoms with Gasteiger partial charge in [-0.1, -0.05) is 60.7 Å². The third-order valence-electron chi connectivity index (χ3n) is 3.31. The topological polar surface area (TPSA) is 25.8 Å². The smallest absolute Gasteiger partial charge is 0.121 e. The minimum Gasteiger partial charge on any atom is -0.185 e. The molecule has 0 bridgehead atoms. The van der Waals surface area contributed by atoms with E-state index in [1.54, 1.807) is 21.6 Å². The zero-order chi connectivity index (χ0) is 16.2. The zero-order valence-corrected chi connectivity index (χ0v) is 15.7. The fourth-order valence-corrected chi connectivity index (χ4v) is 5.92. The molecule has 0 saturated heterocycles. The molecule has 2 aromatic carbocycles. The highest BCUT2D eigenvalue weighted by molar-refractivity contribution is 8.76. The Labute approximate surface area is 156 Å². The molecule has 2 heterocycles. The molecule has 118 valence electrons. The van der Waals surface area contributed by atoms with Crippen LogP contribution in [0.15, 0.2) is 82.8 Å². The minimum atomic E-state index is 1.03. The predicted octanol–water partition coefficient (Wildman–Crippen LogP) is 6.73. The van der Waals surface area contributed by atoms with E-state index in [9.17, 15) is 0 Å². The summed E-state index contributed by atoms with van der Waals surface area (Å²) in [6.07, 6.45) is 0. The first-order chi connectivity index (χ1) is 11.9. The molecule has 24 heavy (non-hydrogen) atoms. The van der Waals surface area contributed by atoms with Crippen LogP contribution < -0.4 is 0 Å². The summed E-state index contributed by atoms with van der Waals surface area (Å²) < 4.78 is 9.06. The molecular formula is C18H12N2S4. The Balaban J connectivity index is 1.43. The molecule has 0 atom stereocenters. The Bertz CT molecular complexity index is 839. The normalized spacial score (nSPS) is 10.8. The first kappa shape index (κ1) is 15.9. The van der Waals surface area contributed by atoms with E-state index in [1.165, 1.54) is 43.9 Å². The Kier molecular flexibility index (Phi) is 4.99. The summed E-state index contributed by atoms with van der Waals surface area (Å²) in [5.41, 5.74) is 2.43. The summed E-state index contributed by atoms with van der Waals surface area (Å²) in [6, 6.07) is 25.0. The number of hydrogen-bond donors (Lipinski definition) is 0. The van der Waals surface area contributed by atoms with Crippen LogP contribution in [-0.2, 0) is 0 Å². The lowest BCUT2D eigenvalue weighted by molar-refractivity contribution is 1.29. The van der Waals surface area contributed by atoms with Gasteiger partial charge in [0.25, 0.3) is 0 Å². The summed E-state index contributed by atoms with van der Waals surface area (Å²) in [5, 5.41) is 2.05. The van der Waals surface area contributed by atoms with E-state index in [0.29, 0.717) is 0 Å². The van der Waals surface area contributed by atoms with Crippen molar-refractivity contribution in [2.75, 3.05) is 0 Å². The van der Waals surface area contributed by atoms with E-state index < -0.39 is 0 Å². The molecule has 0 fully saturated rings. The zero-order valence-electron chi connectivity index (χ0n) is 12.5. The maximum absolute atomic E-state index is 4.53. The van der Waals surface area contributed by atoms with Crippen molar-refractivity contribution in [3.8, 4) is 20.9 Å². The molecule has 0 unspecified atom stereocenters. The molecule has 6 heteroatoms. The van der Waals surface area contributed by atoms with Crippen molar-refractivity contribution in [2.45, 2.75) is 10.1 Å². The van der Waals surface area contributed by atoms with Crippen LogP contribution in [0.4, 0.5) is 0 Å². The fraction of sp³-hybridized carbons (Fsp3) is 0. The molecule has 0 aliphatic carbocycles. The van der Waals surface area contributed by atoms with Crippen LogP contribution in [0.3, 0.4) is 0 Å². The Morgan fingerprint density at radius 2 is 1.00 bits per heavy atom. The molecule has 0 radical (unpaired) electrons. The van der Waals surface area contributed by atoms with E-state index in [2.05, 4.69) is 69.4 Å². The van der Waals surface area contributed by atoms with Crippen molar-refractivity contribution in [1.29, 1.82) is 0 Å². The van der Waals surface area contributed by atoms with Gasteiger partial charge in [-0.3, -0.25) is 0 Å². The molecule has 0 spiro atoms. The molecule has 0 aliphatic heterocycles. The second-order valence-electron chi connectivity index (χ2n) is 4.96. The lowest BCUT2D eigenvalue weighted by atomic mass is 10.2. The minimum absolute atomic E-state index is 1.03. The van der Waals surface area contributed by atoms with Gasteiger partial charge in [0.2, 0.25) is 0 Å². The first-order valence-electron chi connectivity index (χ1n) is 7.27. The van der Waals surface area contributed by atoms with Gasteiger partial charge in [0.15, 0.2) is 0 Å². The van der Waals surface area contributed by atoms with E-state index in [1.807, 2.05) is 12.1 Å². The number of benzene rings is 2. The van der Waals surface area contributed by atoms with Crippen LogP contribution in [-0.4, -0.2) is 8.75 Å². The maximum Gasteiger partial charge on any atom is 0.121 e. The van der Waals surface area contributed by atoms with Crippen molar-refractivity contribution in [3.05, 3.63) is 72.8 Å². The van der Waals surface area contributed by atoms with Crippen molar-refractivity contribution in [1.82, 2.24) is 8.75 Å². The van der Waals surface area contributed by atoms with E-state index >= 15 is 0 Å². The summed E-state index contributed by atoms with van der Waals surface area (Å²) >= 11 is 3.08. The van der Waals surface area contributed by atoms with Gasteiger partial charge in [0, 0.05) is 0 Å². The van der Waals surface area contributed by atoms with Gasteiger partial charge in [0.1, 0.15) is 10.1 Å². The van der Waals surface area contributed by atoms with Crippen LogP contribution >= 0.6 is 44.7 Å². The number of nitrogens with zero attached hydrogens (tertiary/aromatic N) is 2. The third-order valence-corrected chi connectivity index (χ3v) is 7.33. The molecule has 4 aromatic rings. The van der Waals surface area contributed by atoms with Crippen molar-refractivity contribution in [2.24, 2.45) is 0 Å². The summed E-state index contributed by atoms with van der Waals surface area (Å²) in [4.78, 5) is 2.39. The number of hydrogen-bond acceptors (Lipinski definition) is 6. The second-order valence-corrected chi connectivity index (χ2v) is 8.74. The molecule has 2 aromatic heterocycles. The highest BCUT2D eigenvalue weighted by atomic mass is 33.1. The highest BCUT2D eigenvalue weighted by Crippen LogP contribution is 2.40. The Morgan fingerprint density at radius 1 is 0.583 bits per heavy atom. The van der Waals surface area contributed by atoms with Crippen LogP contribution in [0, 0.1) is 0 Å². The van der Waals surface area contributed by atoms with Crippen molar-refractivity contribution < 1.29 is 0 Å². The lowest BCUT2D eigenvalue weighted by Crippen LogP contribution is -1.69. The van der Waals surface area contributed by atoms with Gasteiger partial charge < -0.3 is 0 Å². The summed E-state index contributed by atoms with van der Waals surface area (Å²) in [6.45, 7) is 0. The molecule has 0 amide bonds. The Hall–Kier alpha value is -1.60. The number of rotatable bonds is 5. The Morgan fingerprint density at radius 3 is 1.42 bits per heavy atom. The number of aromatic nitrogens is 2. The second kappa shape index (κ2) is 7.53. The van der Waals surface area contributed by atoms with Gasteiger partial charge >= 0.3 is 0 Å². The largest absolute Gasteiger partial charge is 0.185 e. The quantitative estimate of drug-likeness (QED) is 0.356. The van der Waals surface area contributed by atoms with Crippen LogP contribution in [0.2, 0.25) is 0 Å². The standard InChI is InChI=1S/C18H12N2S4/c1-3-7-13(8-4-1)15-11-17(19-21-15)23-24-18-12-16(22-20-18)14-9-5-2-6-10-14/h1-12H. The van der Waals surface area contributed by atoms with E-state index in [0.717, 1.165) is 10.1 Å². The monoisotopic (exact) mass is 384 g/mol. The molecule has 2 nitrogen and oxygen atoms in total. The maximum atomic E-state index is 4.53. The molecular weight excluding hydrogens is 372 g/mol. The summed E-state index contributed by atoms with van der Waals surface area (Å²) in [7, 11) is 3.32. The van der Waals surface area contributed by atoms with Crippen LogP contribution in [0.25, 0.3) is 20.9 Å². The third kappa shape index (κ3) is 3.72. The molecule has 0 N–H and O–H groups in total. The average molecular weight is 385 g/mol. The van der Waals surface area contributed by atoms with Gasteiger partial charge in [-0.2, -0.15) is 8.75 Å². The van der Waals surface area contributed by atoms with Crippen LogP contribution in [0.1, 0.15) is 0 Å². The predicted molar refractivity (Wildman–Crippen MR) is 107 cm³/mol. The SMILES string of the molecule is c1ccc(-c2cc(SSc3cc(-c4ccccc4)sn3)ns2)cc1. The fourth-order valence-electron chi connectivity index (χ4n) is 2.16. The van der Waals surface area contributed by atoms with E-state index in [4.69, 9.17) is 0 Å². The highest BCUT2D eigenvalue weighted by Gasteiger charge is 2.09. The van der Waals surface area contributed by atoms with Gasteiger partial charge in [-0.25, -0.2) is 0 Å². The molecule has 4 rings (SSSR count). The summed E-state index contributed by atoms with van der Waals surface area (Å²) in [5.74, 6) is 0. The van der Waals surface area contributed by atoms with Crippen molar-refractivity contribution >= 4 is 44.7 Å². The molecule has 0 saturated carbocycles. The lowest BCUT2D eigenvalue weighted by Gasteiger charge is -1.94. The van der Waals surface area contributed by atoms with Gasteiger partial charge in [-0.15, -0.1) is 0 Å². The average Bonchev–Trinajstić information content (AvgIpc) is 3.31. The van der Waals surface area contributed by atoms with E-state index in [-0.39, 0.29) is 0 Å². The van der Waals surface area contributed by atoms with Crippen LogP contribution in [0.5, 0.6) is 0 Å². The van der Waals surface area contributed by atoms with Gasteiger partial charge in [0.05, 0.1) is 9.75 Å². The first-order valence-corrected chi connectivity index (χ1v) is 11.0.